The zero-order valence-electron chi connectivity index (χ0n) is 7.54. The molecule has 0 unspecified atom stereocenters. The van der Waals surface area contributed by atoms with Gasteiger partial charge in [-0.05, 0) is 25.3 Å². The van der Waals surface area contributed by atoms with Gasteiger partial charge in [0.05, 0.1) is 5.75 Å². The van der Waals surface area contributed by atoms with E-state index in [1.807, 2.05) is 0 Å². The second kappa shape index (κ2) is 4.23. The van der Waals surface area contributed by atoms with Crippen LogP contribution in [0.25, 0.3) is 0 Å². The molecule has 0 amide bonds. The van der Waals surface area contributed by atoms with Crippen LogP contribution in [0.4, 0.5) is 0 Å². The average Bonchev–Trinajstić information content (AvgIpc) is 2.82. The molecule has 1 aliphatic rings. The molecule has 1 saturated carbocycles. The van der Waals surface area contributed by atoms with Gasteiger partial charge < -0.3 is 5.32 Å². The van der Waals surface area contributed by atoms with Crippen LogP contribution in [-0.2, 0) is 9.84 Å². The van der Waals surface area contributed by atoms with Crippen LogP contribution in [0, 0.1) is 5.92 Å². The van der Waals surface area contributed by atoms with Gasteiger partial charge in [-0.25, -0.2) is 8.42 Å². The monoisotopic (exact) mass is 191 g/mol. The van der Waals surface area contributed by atoms with Crippen LogP contribution < -0.4 is 5.32 Å². The molecule has 1 N–H and O–H groups in total. The van der Waals surface area contributed by atoms with E-state index in [-0.39, 0.29) is 11.5 Å². The minimum Gasteiger partial charge on any atom is -0.315 e. The molecule has 0 aliphatic heterocycles. The summed E-state index contributed by atoms with van der Waals surface area (Å²) in [5, 5.41) is 3.16. The van der Waals surface area contributed by atoms with Gasteiger partial charge in [-0.2, -0.15) is 0 Å². The summed E-state index contributed by atoms with van der Waals surface area (Å²) in [6.45, 7) is 3.31. The van der Waals surface area contributed by atoms with Gasteiger partial charge in [0.25, 0.3) is 0 Å². The van der Waals surface area contributed by atoms with E-state index < -0.39 is 9.84 Å². The molecule has 0 aromatic heterocycles. The molecule has 0 heterocycles. The van der Waals surface area contributed by atoms with Crippen LogP contribution in [0.1, 0.15) is 19.8 Å². The fraction of sp³-hybridized carbons (Fsp3) is 1.00. The van der Waals surface area contributed by atoms with E-state index in [9.17, 15) is 8.42 Å². The minimum atomic E-state index is -2.76. The average molecular weight is 191 g/mol. The summed E-state index contributed by atoms with van der Waals surface area (Å²) in [4.78, 5) is 0. The van der Waals surface area contributed by atoms with Crippen molar-refractivity contribution in [2.75, 3.05) is 24.6 Å². The van der Waals surface area contributed by atoms with Crippen molar-refractivity contribution in [3.63, 3.8) is 0 Å². The number of sulfone groups is 1. The van der Waals surface area contributed by atoms with Gasteiger partial charge in [0, 0.05) is 12.3 Å². The molecule has 0 aromatic carbocycles. The molecule has 0 bridgehead atoms. The van der Waals surface area contributed by atoms with E-state index in [2.05, 4.69) is 5.32 Å². The zero-order chi connectivity index (χ0) is 9.03. The Bertz CT molecular complexity index is 219. The molecule has 0 spiro atoms. The fourth-order valence-electron chi connectivity index (χ4n) is 1.00. The Morgan fingerprint density at radius 3 is 2.58 bits per heavy atom. The maximum absolute atomic E-state index is 11.0. The van der Waals surface area contributed by atoms with Gasteiger partial charge in [0.1, 0.15) is 0 Å². The van der Waals surface area contributed by atoms with Gasteiger partial charge >= 0.3 is 0 Å². The number of hydrogen-bond donors (Lipinski definition) is 1. The molecule has 0 saturated heterocycles. The summed E-state index contributed by atoms with van der Waals surface area (Å²) in [6, 6.07) is 0. The topological polar surface area (TPSA) is 46.2 Å². The molecule has 1 fully saturated rings. The lowest BCUT2D eigenvalue weighted by atomic mass is 10.4. The molecule has 72 valence electrons. The molecule has 12 heavy (non-hydrogen) atoms. The molecular formula is C8H17NO2S. The Morgan fingerprint density at radius 2 is 2.08 bits per heavy atom. The van der Waals surface area contributed by atoms with E-state index in [4.69, 9.17) is 0 Å². The lowest BCUT2D eigenvalue weighted by Gasteiger charge is -2.02. The van der Waals surface area contributed by atoms with Crippen molar-refractivity contribution in [3.05, 3.63) is 0 Å². The molecule has 3 nitrogen and oxygen atoms in total. The normalized spacial score (nSPS) is 18.1. The van der Waals surface area contributed by atoms with Crippen molar-refractivity contribution in [3.8, 4) is 0 Å². The van der Waals surface area contributed by atoms with Crippen LogP contribution in [0.15, 0.2) is 0 Å². The first kappa shape index (κ1) is 9.99. The molecule has 1 aliphatic carbocycles. The Kier molecular flexibility index (Phi) is 3.53. The smallest absolute Gasteiger partial charge is 0.151 e. The maximum atomic E-state index is 11.0. The van der Waals surface area contributed by atoms with Gasteiger partial charge in [-0.15, -0.1) is 0 Å². The number of rotatable bonds is 6. The highest BCUT2D eigenvalue weighted by Crippen LogP contribution is 2.27. The van der Waals surface area contributed by atoms with Crippen molar-refractivity contribution in [1.29, 1.82) is 0 Å². The van der Waals surface area contributed by atoms with E-state index >= 15 is 0 Å². The number of nitrogens with one attached hydrogen (secondary N) is 1. The van der Waals surface area contributed by atoms with Crippen molar-refractivity contribution >= 4 is 9.84 Å². The van der Waals surface area contributed by atoms with E-state index in [0.717, 1.165) is 12.5 Å². The van der Waals surface area contributed by atoms with Gasteiger partial charge in [0.15, 0.2) is 9.84 Å². The SMILES string of the molecule is CCS(=O)(=O)CCNCC1CC1. The summed E-state index contributed by atoms with van der Waals surface area (Å²) in [5.41, 5.74) is 0. The fourth-order valence-corrected chi connectivity index (χ4v) is 1.74. The second-order valence-electron chi connectivity index (χ2n) is 3.38. The summed E-state index contributed by atoms with van der Waals surface area (Å²) in [7, 11) is -2.76. The van der Waals surface area contributed by atoms with E-state index in [1.165, 1.54) is 12.8 Å². The highest BCUT2D eigenvalue weighted by atomic mass is 32.2. The van der Waals surface area contributed by atoms with Gasteiger partial charge in [-0.3, -0.25) is 0 Å². The largest absolute Gasteiger partial charge is 0.315 e. The highest BCUT2D eigenvalue weighted by molar-refractivity contribution is 7.91. The van der Waals surface area contributed by atoms with Crippen molar-refractivity contribution in [2.45, 2.75) is 19.8 Å². The second-order valence-corrected chi connectivity index (χ2v) is 5.86. The third-order valence-corrected chi connectivity index (χ3v) is 3.87. The third-order valence-electron chi connectivity index (χ3n) is 2.16. The maximum Gasteiger partial charge on any atom is 0.151 e. The van der Waals surface area contributed by atoms with E-state index in [0.29, 0.717) is 6.54 Å². The molecule has 1 rings (SSSR count). The Morgan fingerprint density at radius 1 is 1.42 bits per heavy atom. The first-order valence-corrected chi connectivity index (χ1v) is 6.37. The first-order valence-electron chi connectivity index (χ1n) is 4.55. The molecule has 0 aromatic rings. The molecule has 0 atom stereocenters. The predicted octanol–water partition coefficient (Wildman–Crippen LogP) is 0.421. The number of hydrogen-bond acceptors (Lipinski definition) is 3. The Labute approximate surface area is 74.5 Å². The third kappa shape index (κ3) is 4.07. The van der Waals surface area contributed by atoms with Crippen LogP contribution in [-0.4, -0.2) is 33.0 Å². The highest BCUT2D eigenvalue weighted by Gasteiger charge is 2.20. The summed E-state index contributed by atoms with van der Waals surface area (Å²) < 4.78 is 22.0. The molecule has 0 radical (unpaired) electrons. The minimum absolute atomic E-state index is 0.262. The first-order chi connectivity index (χ1) is 5.64. The van der Waals surface area contributed by atoms with Crippen LogP contribution in [0.3, 0.4) is 0 Å². The van der Waals surface area contributed by atoms with Crippen molar-refractivity contribution in [1.82, 2.24) is 5.32 Å². The van der Waals surface area contributed by atoms with Crippen molar-refractivity contribution < 1.29 is 8.42 Å². The van der Waals surface area contributed by atoms with Crippen LogP contribution in [0.5, 0.6) is 0 Å². The summed E-state index contributed by atoms with van der Waals surface area (Å²) in [5.74, 6) is 1.38. The lowest BCUT2D eigenvalue weighted by molar-refractivity contribution is 0.589. The summed E-state index contributed by atoms with van der Waals surface area (Å²) >= 11 is 0. The predicted molar refractivity (Wildman–Crippen MR) is 49.9 cm³/mol. The quantitative estimate of drug-likeness (QED) is 0.619. The summed E-state index contributed by atoms with van der Waals surface area (Å²) in [6.07, 6.45) is 2.63. The van der Waals surface area contributed by atoms with Gasteiger partial charge in [-0.1, -0.05) is 6.92 Å². The lowest BCUT2D eigenvalue weighted by Crippen LogP contribution is -2.25. The zero-order valence-corrected chi connectivity index (χ0v) is 8.36. The van der Waals surface area contributed by atoms with Crippen LogP contribution >= 0.6 is 0 Å². The Balaban J connectivity index is 2.00. The van der Waals surface area contributed by atoms with Crippen molar-refractivity contribution in [2.24, 2.45) is 5.92 Å². The standard InChI is InChI=1S/C8H17NO2S/c1-2-12(10,11)6-5-9-7-8-3-4-8/h8-9H,2-7H2,1H3. The molecule has 4 heteroatoms. The van der Waals surface area contributed by atoms with Gasteiger partial charge in [0.2, 0.25) is 0 Å². The molecular weight excluding hydrogens is 174 g/mol. The van der Waals surface area contributed by atoms with Crippen LogP contribution in [0.2, 0.25) is 0 Å². The van der Waals surface area contributed by atoms with E-state index in [1.54, 1.807) is 6.92 Å². The Hall–Kier alpha value is -0.0900.